The zero-order chi connectivity index (χ0) is 19.2. The first-order valence-electron chi connectivity index (χ1n) is 8.88. The lowest BCUT2D eigenvalue weighted by atomic mass is 10.3. The summed E-state index contributed by atoms with van der Waals surface area (Å²) in [6.07, 6.45) is 1.61. The Labute approximate surface area is 163 Å². The van der Waals surface area contributed by atoms with Gasteiger partial charge in [-0.2, -0.15) is 0 Å². The lowest BCUT2D eigenvalue weighted by molar-refractivity contribution is 0.174. The highest BCUT2D eigenvalue weighted by Crippen LogP contribution is 2.35. The van der Waals surface area contributed by atoms with Crippen LogP contribution in [0.15, 0.2) is 95.7 Å². The molecule has 0 radical (unpaired) electrons. The van der Waals surface area contributed by atoms with Crippen molar-refractivity contribution in [1.29, 1.82) is 0 Å². The lowest BCUT2D eigenvalue weighted by Gasteiger charge is -2.10. The molecule has 0 N–H and O–H groups in total. The third-order valence-corrected chi connectivity index (χ3v) is 4.00. The first-order valence-corrected chi connectivity index (χ1v) is 8.88. The SMILES string of the molecule is CC(=COc1ccc2c(c1)OCO2)/C(=N\c1ccccc1)Oc1ccccc1. The third kappa shape index (κ3) is 4.32. The number of rotatable bonds is 5. The van der Waals surface area contributed by atoms with Gasteiger partial charge in [0.1, 0.15) is 11.5 Å². The van der Waals surface area contributed by atoms with Crippen LogP contribution in [0.2, 0.25) is 0 Å². The molecule has 0 unspecified atom stereocenters. The van der Waals surface area contributed by atoms with Crippen molar-refractivity contribution in [1.82, 2.24) is 0 Å². The number of fused-ring (bicyclic) bond motifs is 1. The molecular formula is C23H19NO4. The maximum atomic E-state index is 6.00. The van der Waals surface area contributed by atoms with Crippen LogP contribution < -0.4 is 18.9 Å². The summed E-state index contributed by atoms with van der Waals surface area (Å²) in [7, 11) is 0. The quantitative estimate of drug-likeness (QED) is 0.336. The fraction of sp³-hybridized carbons (Fsp3) is 0.0870. The van der Waals surface area contributed by atoms with Crippen LogP contribution in [0, 0.1) is 0 Å². The fourth-order valence-electron chi connectivity index (χ4n) is 2.57. The molecule has 0 aliphatic carbocycles. The van der Waals surface area contributed by atoms with Crippen molar-refractivity contribution in [2.45, 2.75) is 6.92 Å². The van der Waals surface area contributed by atoms with Gasteiger partial charge in [0.15, 0.2) is 11.5 Å². The fourth-order valence-corrected chi connectivity index (χ4v) is 2.57. The number of aliphatic imine (C=N–C) groups is 1. The molecule has 0 aromatic heterocycles. The molecule has 3 aromatic rings. The van der Waals surface area contributed by atoms with E-state index >= 15 is 0 Å². The molecule has 5 heteroatoms. The van der Waals surface area contributed by atoms with Crippen molar-refractivity contribution in [3.8, 4) is 23.0 Å². The van der Waals surface area contributed by atoms with Gasteiger partial charge in [0.25, 0.3) is 0 Å². The van der Waals surface area contributed by atoms with E-state index in [0.29, 0.717) is 28.9 Å². The minimum Gasteiger partial charge on any atom is -0.464 e. The van der Waals surface area contributed by atoms with Crippen molar-refractivity contribution < 1.29 is 18.9 Å². The molecule has 0 fully saturated rings. The Bertz CT molecular complexity index is 998. The highest BCUT2D eigenvalue weighted by molar-refractivity contribution is 5.96. The summed E-state index contributed by atoms with van der Waals surface area (Å²) in [6, 6.07) is 24.6. The molecule has 5 nitrogen and oxygen atoms in total. The molecule has 28 heavy (non-hydrogen) atoms. The number of para-hydroxylation sites is 2. The van der Waals surface area contributed by atoms with Crippen LogP contribution in [0.5, 0.6) is 23.0 Å². The van der Waals surface area contributed by atoms with Crippen LogP contribution in [0.1, 0.15) is 6.92 Å². The Morgan fingerprint density at radius 2 is 1.57 bits per heavy atom. The zero-order valence-corrected chi connectivity index (χ0v) is 15.4. The van der Waals surface area contributed by atoms with Gasteiger partial charge in [0.05, 0.1) is 11.9 Å². The van der Waals surface area contributed by atoms with E-state index in [9.17, 15) is 0 Å². The molecule has 1 aliphatic heterocycles. The van der Waals surface area contributed by atoms with E-state index in [1.54, 1.807) is 12.3 Å². The summed E-state index contributed by atoms with van der Waals surface area (Å²) in [5.74, 6) is 3.18. The normalized spacial score (nSPS) is 13.3. The predicted molar refractivity (Wildman–Crippen MR) is 108 cm³/mol. The van der Waals surface area contributed by atoms with Crippen LogP contribution in [-0.4, -0.2) is 12.7 Å². The van der Waals surface area contributed by atoms with Gasteiger partial charge in [-0.05, 0) is 43.3 Å². The second-order valence-corrected chi connectivity index (χ2v) is 6.10. The van der Waals surface area contributed by atoms with Crippen molar-refractivity contribution in [2.24, 2.45) is 4.99 Å². The lowest BCUT2D eigenvalue weighted by Crippen LogP contribution is -2.10. The van der Waals surface area contributed by atoms with Crippen molar-refractivity contribution >= 4 is 11.6 Å². The number of hydrogen-bond donors (Lipinski definition) is 0. The van der Waals surface area contributed by atoms with Gasteiger partial charge >= 0.3 is 0 Å². The van der Waals surface area contributed by atoms with Gasteiger partial charge < -0.3 is 18.9 Å². The van der Waals surface area contributed by atoms with Crippen LogP contribution in [0.4, 0.5) is 5.69 Å². The monoisotopic (exact) mass is 373 g/mol. The molecule has 0 spiro atoms. The second-order valence-electron chi connectivity index (χ2n) is 6.10. The summed E-state index contributed by atoms with van der Waals surface area (Å²) in [5.41, 5.74) is 1.54. The third-order valence-electron chi connectivity index (χ3n) is 4.00. The zero-order valence-electron chi connectivity index (χ0n) is 15.4. The number of hydrogen-bond acceptors (Lipinski definition) is 5. The molecule has 0 amide bonds. The topological polar surface area (TPSA) is 49.3 Å². The van der Waals surface area contributed by atoms with E-state index in [-0.39, 0.29) is 6.79 Å². The van der Waals surface area contributed by atoms with E-state index in [0.717, 1.165) is 11.3 Å². The standard InChI is InChI=1S/C23H19NO4/c1-17(15-25-20-12-13-21-22(14-20)27-16-26-21)23(24-18-8-4-2-5-9-18)28-19-10-6-3-7-11-19/h2-15H,16H2,1H3/b17-15?,24-23+. The van der Waals surface area contributed by atoms with E-state index < -0.39 is 0 Å². The molecule has 0 saturated heterocycles. The Balaban J connectivity index is 1.57. The van der Waals surface area contributed by atoms with Crippen molar-refractivity contribution in [3.05, 3.63) is 90.7 Å². The van der Waals surface area contributed by atoms with E-state index in [1.807, 2.05) is 79.7 Å². The first-order chi connectivity index (χ1) is 13.8. The maximum absolute atomic E-state index is 6.00. The molecule has 1 aliphatic rings. The maximum Gasteiger partial charge on any atom is 0.231 e. The van der Waals surface area contributed by atoms with Gasteiger partial charge in [-0.15, -0.1) is 0 Å². The molecule has 3 aromatic carbocycles. The summed E-state index contributed by atoms with van der Waals surface area (Å²) >= 11 is 0. The van der Waals surface area contributed by atoms with Gasteiger partial charge in [-0.25, -0.2) is 4.99 Å². The molecule has 0 bridgehead atoms. The average molecular weight is 373 g/mol. The minimum atomic E-state index is 0.229. The summed E-state index contributed by atoms with van der Waals surface area (Å²) < 4.78 is 22.5. The second kappa shape index (κ2) is 8.31. The highest BCUT2D eigenvalue weighted by atomic mass is 16.7. The van der Waals surface area contributed by atoms with Gasteiger partial charge in [-0.1, -0.05) is 36.4 Å². The molecule has 0 saturated carbocycles. The van der Waals surface area contributed by atoms with Gasteiger partial charge in [0.2, 0.25) is 12.7 Å². The Kier molecular flexibility index (Phi) is 5.24. The highest BCUT2D eigenvalue weighted by Gasteiger charge is 2.14. The van der Waals surface area contributed by atoms with Crippen LogP contribution >= 0.6 is 0 Å². The molecule has 1 heterocycles. The molecular weight excluding hydrogens is 354 g/mol. The largest absolute Gasteiger partial charge is 0.464 e. The van der Waals surface area contributed by atoms with Crippen LogP contribution in [0.3, 0.4) is 0 Å². The summed E-state index contributed by atoms with van der Waals surface area (Å²) in [4.78, 5) is 4.63. The van der Waals surface area contributed by atoms with Crippen molar-refractivity contribution in [3.63, 3.8) is 0 Å². The van der Waals surface area contributed by atoms with Crippen LogP contribution in [-0.2, 0) is 0 Å². The first kappa shape index (κ1) is 17.7. The van der Waals surface area contributed by atoms with Gasteiger partial charge in [-0.3, -0.25) is 0 Å². The average Bonchev–Trinajstić information content (AvgIpc) is 3.21. The van der Waals surface area contributed by atoms with Gasteiger partial charge in [0, 0.05) is 11.6 Å². The Hall–Kier alpha value is -3.73. The Morgan fingerprint density at radius 1 is 0.857 bits per heavy atom. The summed E-state index contributed by atoms with van der Waals surface area (Å²) in [5, 5.41) is 0. The summed E-state index contributed by atoms with van der Waals surface area (Å²) in [6.45, 7) is 2.12. The van der Waals surface area contributed by atoms with E-state index in [1.165, 1.54) is 0 Å². The smallest absolute Gasteiger partial charge is 0.231 e. The minimum absolute atomic E-state index is 0.229. The molecule has 0 atom stereocenters. The molecule has 4 rings (SSSR count). The van der Waals surface area contributed by atoms with E-state index in [2.05, 4.69) is 4.99 Å². The number of ether oxygens (including phenoxy) is 4. The predicted octanol–water partition coefficient (Wildman–Crippen LogP) is 5.51. The van der Waals surface area contributed by atoms with E-state index in [4.69, 9.17) is 18.9 Å². The number of nitrogens with zero attached hydrogens (tertiary/aromatic N) is 1. The number of benzene rings is 3. The molecule has 140 valence electrons. The Morgan fingerprint density at radius 3 is 2.36 bits per heavy atom. The van der Waals surface area contributed by atoms with Crippen molar-refractivity contribution in [2.75, 3.05) is 6.79 Å². The van der Waals surface area contributed by atoms with Crippen LogP contribution in [0.25, 0.3) is 0 Å².